The molecule has 3 heterocycles. The normalized spacial score (nSPS) is 16.0. The van der Waals surface area contributed by atoms with Crippen LogP contribution in [0, 0.1) is 0 Å². The molecular formula is C19H17ClN6O2. The first-order valence-electron chi connectivity index (χ1n) is 8.62. The van der Waals surface area contributed by atoms with E-state index in [1.54, 1.807) is 39.9 Å². The van der Waals surface area contributed by atoms with Crippen molar-refractivity contribution >= 4 is 40.6 Å². The van der Waals surface area contributed by atoms with Gasteiger partial charge in [-0.05, 0) is 43.3 Å². The number of carbonyl (C=O) groups is 2. The van der Waals surface area contributed by atoms with E-state index in [-0.39, 0.29) is 11.9 Å². The van der Waals surface area contributed by atoms with Crippen LogP contribution in [0.3, 0.4) is 0 Å². The Bertz CT molecular complexity index is 1050. The first-order chi connectivity index (χ1) is 13.4. The minimum atomic E-state index is -0.396. The van der Waals surface area contributed by atoms with E-state index >= 15 is 0 Å². The summed E-state index contributed by atoms with van der Waals surface area (Å²) in [7, 11) is 0. The average molecular weight is 397 g/mol. The van der Waals surface area contributed by atoms with Gasteiger partial charge >= 0.3 is 0 Å². The second-order valence-corrected chi connectivity index (χ2v) is 6.95. The zero-order valence-electron chi connectivity index (χ0n) is 15.0. The van der Waals surface area contributed by atoms with Gasteiger partial charge in [0.25, 0.3) is 11.8 Å². The summed E-state index contributed by atoms with van der Waals surface area (Å²) < 4.78 is 1.63. The number of rotatable bonds is 3. The lowest BCUT2D eigenvalue weighted by Gasteiger charge is -2.32. The molecule has 1 aliphatic heterocycles. The van der Waals surface area contributed by atoms with E-state index in [0.29, 0.717) is 34.3 Å². The number of fused-ring (bicyclic) bond motifs is 1. The maximum Gasteiger partial charge on any atom is 0.278 e. The molecule has 0 spiro atoms. The molecule has 2 amide bonds. The smallest absolute Gasteiger partial charge is 0.278 e. The molecule has 3 N–H and O–H groups in total. The lowest BCUT2D eigenvalue weighted by molar-refractivity contribution is 0.0954. The maximum atomic E-state index is 13.1. The topological polar surface area (TPSA) is 106 Å². The van der Waals surface area contributed by atoms with Gasteiger partial charge < -0.3 is 16.0 Å². The van der Waals surface area contributed by atoms with Crippen molar-refractivity contribution in [1.82, 2.24) is 14.8 Å². The fraction of sp³-hybridized carbons (Fsp3) is 0.158. The van der Waals surface area contributed by atoms with Crippen molar-refractivity contribution in [3.05, 3.63) is 65.1 Å². The van der Waals surface area contributed by atoms with Gasteiger partial charge in [0, 0.05) is 23.5 Å². The van der Waals surface area contributed by atoms with Crippen LogP contribution in [0.4, 0.5) is 17.2 Å². The Balaban J connectivity index is 1.65. The molecule has 9 heteroatoms. The van der Waals surface area contributed by atoms with Crippen LogP contribution in [0.2, 0.25) is 5.02 Å². The maximum absolute atomic E-state index is 13.1. The molecule has 0 saturated heterocycles. The molecule has 3 aromatic rings. The van der Waals surface area contributed by atoms with Crippen molar-refractivity contribution in [2.45, 2.75) is 13.0 Å². The van der Waals surface area contributed by atoms with Crippen LogP contribution in [0.5, 0.6) is 0 Å². The van der Waals surface area contributed by atoms with E-state index in [1.807, 2.05) is 6.92 Å². The molecule has 1 aliphatic rings. The van der Waals surface area contributed by atoms with Crippen molar-refractivity contribution in [1.29, 1.82) is 0 Å². The molecule has 28 heavy (non-hydrogen) atoms. The summed E-state index contributed by atoms with van der Waals surface area (Å²) in [5.41, 5.74) is 7.29. The molecule has 4 rings (SSSR count). The first-order valence-corrected chi connectivity index (χ1v) is 8.99. The molecule has 0 radical (unpaired) electrons. The van der Waals surface area contributed by atoms with Gasteiger partial charge in [-0.2, -0.15) is 5.10 Å². The third-order valence-electron chi connectivity index (χ3n) is 4.54. The summed E-state index contributed by atoms with van der Waals surface area (Å²) in [5.74, 6) is -0.321. The van der Waals surface area contributed by atoms with Crippen LogP contribution >= 0.6 is 11.6 Å². The van der Waals surface area contributed by atoms with Gasteiger partial charge in [-0.3, -0.25) is 14.3 Å². The molecule has 2 aromatic heterocycles. The largest absolute Gasteiger partial charge is 0.384 e. The van der Waals surface area contributed by atoms with Crippen molar-refractivity contribution in [3.8, 4) is 0 Å². The van der Waals surface area contributed by atoms with Crippen molar-refractivity contribution in [2.75, 3.05) is 22.5 Å². The second kappa shape index (κ2) is 6.97. The molecule has 0 aliphatic carbocycles. The molecule has 0 unspecified atom stereocenters. The van der Waals surface area contributed by atoms with Gasteiger partial charge in [0.1, 0.15) is 5.82 Å². The van der Waals surface area contributed by atoms with E-state index in [9.17, 15) is 9.59 Å². The first kappa shape index (κ1) is 18.0. The summed E-state index contributed by atoms with van der Waals surface area (Å²) in [6.45, 7) is 2.42. The number of carbonyl (C=O) groups excluding carboxylic acids is 2. The summed E-state index contributed by atoms with van der Waals surface area (Å²) >= 11 is 5.95. The third kappa shape index (κ3) is 3.18. The number of amides is 2. The minimum absolute atomic E-state index is 0.0628. The third-order valence-corrected chi connectivity index (χ3v) is 4.79. The molecule has 0 saturated carbocycles. The highest BCUT2D eigenvalue weighted by Crippen LogP contribution is 2.30. The molecule has 142 valence electrons. The van der Waals surface area contributed by atoms with Crippen molar-refractivity contribution in [2.24, 2.45) is 0 Å². The molecule has 0 fully saturated rings. The Labute approximate surface area is 165 Å². The van der Waals surface area contributed by atoms with E-state index in [2.05, 4.69) is 15.4 Å². The van der Waals surface area contributed by atoms with E-state index in [4.69, 9.17) is 17.3 Å². The number of nitrogens with one attached hydrogen (secondary N) is 1. The highest BCUT2D eigenvalue weighted by atomic mass is 35.5. The SMILES string of the molecule is C[C@H]1CN(c2ccc(Cl)cc2)C(=O)c2c(NC(=O)c3ccc(N)nc3)cnn21. The number of pyridine rings is 1. The number of nitrogens with zero attached hydrogens (tertiary/aromatic N) is 4. The number of halogens is 1. The second-order valence-electron chi connectivity index (χ2n) is 6.52. The van der Waals surface area contributed by atoms with E-state index < -0.39 is 5.91 Å². The van der Waals surface area contributed by atoms with Gasteiger partial charge in [-0.1, -0.05) is 11.6 Å². The fourth-order valence-corrected chi connectivity index (χ4v) is 3.26. The highest BCUT2D eigenvalue weighted by molar-refractivity contribution is 6.30. The van der Waals surface area contributed by atoms with Crippen molar-refractivity contribution < 1.29 is 9.59 Å². The molecule has 1 atom stereocenters. The number of anilines is 3. The van der Waals surface area contributed by atoms with Crippen LogP contribution in [-0.2, 0) is 0 Å². The zero-order chi connectivity index (χ0) is 19.8. The Morgan fingerprint density at radius 1 is 1.21 bits per heavy atom. The van der Waals surface area contributed by atoms with Gasteiger partial charge in [-0.15, -0.1) is 0 Å². The van der Waals surface area contributed by atoms with Gasteiger partial charge in [0.05, 0.1) is 23.5 Å². The van der Waals surface area contributed by atoms with Gasteiger partial charge in [-0.25, -0.2) is 4.98 Å². The van der Waals surface area contributed by atoms with Crippen LogP contribution in [0.25, 0.3) is 0 Å². The number of nitrogens with two attached hydrogens (primary N) is 1. The minimum Gasteiger partial charge on any atom is -0.384 e. The zero-order valence-corrected chi connectivity index (χ0v) is 15.7. The van der Waals surface area contributed by atoms with Crippen LogP contribution in [0.1, 0.15) is 33.8 Å². The standard InChI is InChI=1S/C19H17ClN6O2/c1-11-10-25(14-5-3-13(20)4-6-14)19(28)17-15(9-23-26(11)17)24-18(27)12-2-7-16(21)22-8-12/h2-9,11H,10H2,1H3,(H2,21,22)(H,24,27)/t11-/m0/s1. The number of hydrogen-bond donors (Lipinski definition) is 2. The van der Waals surface area contributed by atoms with Crippen LogP contribution < -0.4 is 16.0 Å². The number of hydrogen-bond acceptors (Lipinski definition) is 5. The Hall–Kier alpha value is -3.39. The predicted molar refractivity (Wildman–Crippen MR) is 107 cm³/mol. The van der Waals surface area contributed by atoms with Crippen LogP contribution in [0.15, 0.2) is 48.8 Å². The molecule has 0 bridgehead atoms. The van der Waals surface area contributed by atoms with E-state index in [0.717, 1.165) is 5.69 Å². The summed E-state index contributed by atoms with van der Waals surface area (Å²) in [6, 6.07) is 10.1. The number of nitrogen functional groups attached to an aromatic ring is 1. The Kier molecular flexibility index (Phi) is 4.48. The number of benzene rings is 1. The lowest BCUT2D eigenvalue weighted by Crippen LogP contribution is -2.43. The predicted octanol–water partition coefficient (Wildman–Crippen LogP) is 2.99. The highest BCUT2D eigenvalue weighted by Gasteiger charge is 2.34. The Morgan fingerprint density at radius 2 is 1.96 bits per heavy atom. The fourth-order valence-electron chi connectivity index (χ4n) is 3.13. The summed E-state index contributed by atoms with van der Waals surface area (Å²) in [4.78, 5) is 31.2. The molecule has 1 aromatic carbocycles. The van der Waals surface area contributed by atoms with Gasteiger partial charge in [0.2, 0.25) is 0 Å². The van der Waals surface area contributed by atoms with Crippen molar-refractivity contribution in [3.63, 3.8) is 0 Å². The quantitative estimate of drug-likeness (QED) is 0.707. The number of aromatic nitrogens is 3. The van der Waals surface area contributed by atoms with Crippen LogP contribution in [-0.4, -0.2) is 33.1 Å². The average Bonchev–Trinajstić information content (AvgIpc) is 3.10. The monoisotopic (exact) mass is 396 g/mol. The summed E-state index contributed by atoms with van der Waals surface area (Å²) in [5, 5.41) is 7.63. The van der Waals surface area contributed by atoms with E-state index in [1.165, 1.54) is 18.5 Å². The molecule has 8 nitrogen and oxygen atoms in total. The Morgan fingerprint density at radius 3 is 2.64 bits per heavy atom. The van der Waals surface area contributed by atoms with Gasteiger partial charge in [0.15, 0.2) is 5.69 Å². The lowest BCUT2D eigenvalue weighted by atomic mass is 10.1. The molecular weight excluding hydrogens is 380 g/mol. The summed E-state index contributed by atoms with van der Waals surface area (Å²) in [6.07, 6.45) is 2.86.